The fraction of sp³-hybridized carbons (Fsp3) is 0.500. The number of hydrogen-bond donors (Lipinski definition) is 1. The summed E-state index contributed by atoms with van der Waals surface area (Å²) in [6.07, 6.45) is 4.60. The standard InChI is InChI=1S/C18H24N2O4/c1-13(21)20(16-5-3-4-6-16)12-11-17(22)19-15-9-7-14(8-10-15)18(23)24-2/h7-10,16H,3-6,11-12H2,1-2H3,(H,19,22). The molecule has 0 spiro atoms. The molecular formula is C18H24N2O4. The number of esters is 1. The monoisotopic (exact) mass is 332 g/mol. The molecule has 2 rings (SSSR count). The number of carbonyl (C=O) groups is 3. The van der Waals surface area contributed by atoms with Crippen molar-refractivity contribution in [2.75, 3.05) is 19.0 Å². The van der Waals surface area contributed by atoms with Crippen LogP contribution in [0.5, 0.6) is 0 Å². The highest BCUT2D eigenvalue weighted by Crippen LogP contribution is 2.23. The van der Waals surface area contributed by atoms with E-state index in [1.807, 2.05) is 4.90 Å². The van der Waals surface area contributed by atoms with E-state index < -0.39 is 5.97 Å². The number of nitrogens with zero attached hydrogens (tertiary/aromatic N) is 1. The van der Waals surface area contributed by atoms with Gasteiger partial charge in [0, 0.05) is 31.6 Å². The normalized spacial score (nSPS) is 14.2. The SMILES string of the molecule is COC(=O)c1ccc(NC(=O)CCN(C(C)=O)C2CCCC2)cc1. The highest BCUT2D eigenvalue weighted by molar-refractivity contribution is 5.93. The minimum Gasteiger partial charge on any atom is -0.465 e. The second-order valence-corrected chi connectivity index (χ2v) is 6.02. The molecule has 0 unspecified atom stereocenters. The van der Waals surface area contributed by atoms with E-state index in [2.05, 4.69) is 10.1 Å². The van der Waals surface area contributed by atoms with Gasteiger partial charge < -0.3 is 15.0 Å². The highest BCUT2D eigenvalue weighted by atomic mass is 16.5. The first kappa shape index (κ1) is 18.0. The first-order chi connectivity index (χ1) is 11.5. The third-order valence-electron chi connectivity index (χ3n) is 4.34. The lowest BCUT2D eigenvalue weighted by Gasteiger charge is -2.27. The van der Waals surface area contributed by atoms with Gasteiger partial charge in [-0.05, 0) is 37.1 Å². The van der Waals surface area contributed by atoms with E-state index in [0.717, 1.165) is 25.7 Å². The molecule has 0 aromatic heterocycles. The van der Waals surface area contributed by atoms with Crippen molar-refractivity contribution < 1.29 is 19.1 Å². The first-order valence-corrected chi connectivity index (χ1v) is 8.26. The van der Waals surface area contributed by atoms with Crippen LogP contribution < -0.4 is 5.32 Å². The largest absolute Gasteiger partial charge is 0.465 e. The van der Waals surface area contributed by atoms with Gasteiger partial charge in [0.05, 0.1) is 12.7 Å². The number of anilines is 1. The minimum absolute atomic E-state index is 0.0251. The summed E-state index contributed by atoms with van der Waals surface area (Å²) < 4.78 is 4.63. The lowest BCUT2D eigenvalue weighted by molar-refractivity contribution is -0.131. The highest BCUT2D eigenvalue weighted by Gasteiger charge is 2.24. The van der Waals surface area contributed by atoms with Gasteiger partial charge in [0.15, 0.2) is 0 Å². The Morgan fingerprint density at radius 3 is 2.33 bits per heavy atom. The van der Waals surface area contributed by atoms with Crippen molar-refractivity contribution in [2.24, 2.45) is 0 Å². The minimum atomic E-state index is -0.415. The van der Waals surface area contributed by atoms with E-state index in [9.17, 15) is 14.4 Å². The summed E-state index contributed by atoms with van der Waals surface area (Å²) in [6.45, 7) is 1.99. The molecule has 0 heterocycles. The Kier molecular flexibility index (Phi) is 6.35. The fourth-order valence-corrected chi connectivity index (χ4v) is 3.07. The number of carbonyl (C=O) groups excluding carboxylic acids is 3. The lowest BCUT2D eigenvalue weighted by atomic mass is 10.2. The van der Waals surface area contributed by atoms with Gasteiger partial charge in [0.1, 0.15) is 0 Å². The topological polar surface area (TPSA) is 75.7 Å². The molecule has 0 bridgehead atoms. The number of hydrogen-bond acceptors (Lipinski definition) is 4. The van der Waals surface area contributed by atoms with Crippen LogP contribution in [0.3, 0.4) is 0 Å². The maximum absolute atomic E-state index is 12.1. The first-order valence-electron chi connectivity index (χ1n) is 8.26. The van der Waals surface area contributed by atoms with E-state index in [4.69, 9.17) is 0 Å². The maximum Gasteiger partial charge on any atom is 0.337 e. The van der Waals surface area contributed by atoms with Crippen molar-refractivity contribution in [3.63, 3.8) is 0 Å². The molecule has 1 aromatic carbocycles. The molecule has 1 saturated carbocycles. The van der Waals surface area contributed by atoms with Crippen molar-refractivity contribution >= 4 is 23.5 Å². The average Bonchev–Trinajstić information content (AvgIpc) is 3.09. The second-order valence-electron chi connectivity index (χ2n) is 6.02. The van der Waals surface area contributed by atoms with Crippen molar-refractivity contribution in [2.45, 2.75) is 45.1 Å². The molecule has 1 fully saturated rings. The van der Waals surface area contributed by atoms with E-state index in [0.29, 0.717) is 17.8 Å². The molecule has 1 N–H and O–H groups in total. The molecule has 1 aliphatic carbocycles. The number of ether oxygens (including phenoxy) is 1. The molecule has 1 aromatic rings. The summed E-state index contributed by atoms with van der Waals surface area (Å²) in [7, 11) is 1.32. The lowest BCUT2D eigenvalue weighted by Crippen LogP contribution is -2.39. The Labute approximate surface area is 142 Å². The van der Waals surface area contributed by atoms with E-state index in [-0.39, 0.29) is 24.3 Å². The van der Waals surface area contributed by atoms with Gasteiger partial charge in [-0.15, -0.1) is 0 Å². The Hall–Kier alpha value is -2.37. The maximum atomic E-state index is 12.1. The van der Waals surface area contributed by atoms with Crippen LogP contribution in [0.1, 0.15) is 49.4 Å². The number of benzene rings is 1. The van der Waals surface area contributed by atoms with Crippen LogP contribution in [0.4, 0.5) is 5.69 Å². The van der Waals surface area contributed by atoms with Crippen LogP contribution in [0, 0.1) is 0 Å². The molecule has 0 atom stereocenters. The molecular weight excluding hydrogens is 308 g/mol. The number of amides is 2. The zero-order chi connectivity index (χ0) is 17.5. The number of methoxy groups -OCH3 is 1. The van der Waals surface area contributed by atoms with Gasteiger partial charge in [-0.25, -0.2) is 4.79 Å². The van der Waals surface area contributed by atoms with Crippen molar-refractivity contribution in [1.82, 2.24) is 4.90 Å². The smallest absolute Gasteiger partial charge is 0.337 e. The van der Waals surface area contributed by atoms with Crippen LogP contribution in [0.2, 0.25) is 0 Å². The molecule has 1 aliphatic rings. The zero-order valence-electron chi connectivity index (χ0n) is 14.2. The van der Waals surface area contributed by atoms with Gasteiger partial charge >= 0.3 is 5.97 Å². The number of nitrogens with one attached hydrogen (secondary N) is 1. The Morgan fingerprint density at radius 1 is 1.17 bits per heavy atom. The molecule has 24 heavy (non-hydrogen) atoms. The summed E-state index contributed by atoms with van der Waals surface area (Å²) >= 11 is 0. The number of rotatable bonds is 6. The summed E-state index contributed by atoms with van der Waals surface area (Å²) in [5, 5.41) is 2.78. The van der Waals surface area contributed by atoms with Crippen LogP contribution in [-0.2, 0) is 14.3 Å². The summed E-state index contributed by atoms with van der Waals surface area (Å²) in [6, 6.07) is 6.78. The van der Waals surface area contributed by atoms with E-state index >= 15 is 0 Å². The van der Waals surface area contributed by atoms with Gasteiger partial charge in [0.25, 0.3) is 0 Å². The van der Waals surface area contributed by atoms with Crippen molar-refractivity contribution in [1.29, 1.82) is 0 Å². The van der Waals surface area contributed by atoms with Gasteiger partial charge in [0.2, 0.25) is 11.8 Å². The summed E-state index contributed by atoms with van der Waals surface area (Å²) in [5.74, 6) is -0.538. The van der Waals surface area contributed by atoms with Gasteiger partial charge in [-0.3, -0.25) is 9.59 Å². The Bertz CT molecular complexity index is 592. The Balaban J connectivity index is 1.85. The van der Waals surface area contributed by atoms with Gasteiger partial charge in [-0.2, -0.15) is 0 Å². The van der Waals surface area contributed by atoms with E-state index in [1.54, 1.807) is 31.2 Å². The van der Waals surface area contributed by atoms with Crippen molar-refractivity contribution in [3.8, 4) is 0 Å². The van der Waals surface area contributed by atoms with Crippen LogP contribution in [0.25, 0.3) is 0 Å². The third-order valence-corrected chi connectivity index (χ3v) is 4.34. The molecule has 2 amide bonds. The molecule has 6 heteroatoms. The molecule has 6 nitrogen and oxygen atoms in total. The summed E-state index contributed by atoms with van der Waals surface area (Å²) in [5.41, 5.74) is 1.04. The van der Waals surface area contributed by atoms with Crippen LogP contribution >= 0.6 is 0 Å². The fourth-order valence-electron chi connectivity index (χ4n) is 3.07. The van der Waals surface area contributed by atoms with Crippen molar-refractivity contribution in [3.05, 3.63) is 29.8 Å². The summed E-state index contributed by atoms with van der Waals surface area (Å²) in [4.78, 5) is 37.1. The van der Waals surface area contributed by atoms with Gasteiger partial charge in [-0.1, -0.05) is 12.8 Å². The van der Waals surface area contributed by atoms with E-state index in [1.165, 1.54) is 7.11 Å². The molecule has 0 radical (unpaired) electrons. The predicted molar refractivity (Wildman–Crippen MR) is 90.7 cm³/mol. The quantitative estimate of drug-likeness (QED) is 0.813. The Morgan fingerprint density at radius 2 is 1.79 bits per heavy atom. The van der Waals surface area contributed by atoms with Crippen LogP contribution in [0.15, 0.2) is 24.3 Å². The third kappa shape index (κ3) is 4.81. The zero-order valence-corrected chi connectivity index (χ0v) is 14.2. The molecule has 0 aliphatic heterocycles. The second kappa shape index (κ2) is 8.47. The predicted octanol–water partition coefficient (Wildman–Crippen LogP) is 2.59. The molecule has 0 saturated heterocycles. The average molecular weight is 332 g/mol. The van der Waals surface area contributed by atoms with Crippen LogP contribution in [-0.4, -0.2) is 42.4 Å². The molecule has 130 valence electrons.